The monoisotopic (exact) mass is 194 g/mol. The first-order valence-electron chi connectivity index (χ1n) is 4.57. The zero-order valence-electron chi connectivity index (χ0n) is 8.99. The maximum absolute atomic E-state index is 6.00. The van der Waals surface area contributed by atoms with Crippen LogP contribution in [-0.2, 0) is 0 Å². The molecule has 0 unspecified atom stereocenters. The Kier molecular flexibility index (Phi) is 5.84. The van der Waals surface area contributed by atoms with E-state index in [0.717, 1.165) is 5.57 Å². The normalized spacial score (nSPS) is 9.29. The van der Waals surface area contributed by atoms with Gasteiger partial charge in [-0.2, -0.15) is 0 Å². The number of hydrogen-bond acceptors (Lipinski definition) is 2. The first kappa shape index (κ1) is 12.9. The fourth-order valence-corrected chi connectivity index (χ4v) is 1.39. The minimum Gasteiger partial charge on any atom is -0.255 e. The Morgan fingerprint density at radius 2 is 1.71 bits per heavy atom. The largest absolute Gasteiger partial charge is 0.255 e. The molecule has 0 aliphatic rings. The van der Waals surface area contributed by atoms with Crippen LogP contribution >= 0.6 is 0 Å². The van der Waals surface area contributed by atoms with Crippen LogP contribution < -0.4 is 0 Å². The molecule has 0 radical (unpaired) electrons. The summed E-state index contributed by atoms with van der Waals surface area (Å²) >= 11 is 0. The fourth-order valence-electron chi connectivity index (χ4n) is 1.39. The molecule has 0 aromatic heterocycles. The standard InChI is InChI=1S/C12H16.H2O2/c1-9(2)11-7-5-6-8-12(11)10(3)4;1-2/h5-8,10H,1H2,2-4H3;1-2H. The van der Waals surface area contributed by atoms with Crippen LogP contribution in [0, 0.1) is 0 Å². The van der Waals surface area contributed by atoms with E-state index in [4.69, 9.17) is 10.5 Å². The summed E-state index contributed by atoms with van der Waals surface area (Å²) in [5.41, 5.74) is 3.84. The maximum Gasteiger partial charge on any atom is -0.0199 e. The van der Waals surface area contributed by atoms with Gasteiger partial charge in [0.2, 0.25) is 0 Å². The minimum absolute atomic E-state index is 0.581. The third-order valence-corrected chi connectivity index (χ3v) is 2.04. The van der Waals surface area contributed by atoms with Crippen molar-refractivity contribution in [3.05, 3.63) is 42.0 Å². The lowest BCUT2D eigenvalue weighted by molar-refractivity contribution is -0.176. The van der Waals surface area contributed by atoms with Crippen LogP contribution in [0.4, 0.5) is 0 Å². The SMILES string of the molecule is C=C(C)c1ccccc1C(C)C.OO. The molecule has 0 spiro atoms. The highest BCUT2D eigenvalue weighted by molar-refractivity contribution is 5.64. The molecule has 0 aliphatic heterocycles. The number of rotatable bonds is 2. The van der Waals surface area contributed by atoms with Crippen molar-refractivity contribution < 1.29 is 10.5 Å². The molecule has 0 amide bonds. The van der Waals surface area contributed by atoms with E-state index >= 15 is 0 Å². The van der Waals surface area contributed by atoms with Gasteiger partial charge >= 0.3 is 0 Å². The first-order chi connectivity index (χ1) is 6.63. The molecule has 0 saturated heterocycles. The van der Waals surface area contributed by atoms with Gasteiger partial charge in [0.1, 0.15) is 0 Å². The molecule has 1 rings (SSSR count). The molecule has 2 N–H and O–H groups in total. The van der Waals surface area contributed by atoms with Crippen LogP contribution in [-0.4, -0.2) is 10.5 Å². The van der Waals surface area contributed by atoms with Gasteiger partial charge in [0.05, 0.1) is 0 Å². The Labute approximate surface area is 85.5 Å². The Bertz CT molecular complexity index is 290. The average Bonchev–Trinajstić information content (AvgIpc) is 2.20. The van der Waals surface area contributed by atoms with Crippen LogP contribution in [0.3, 0.4) is 0 Å². The van der Waals surface area contributed by atoms with E-state index in [0.29, 0.717) is 5.92 Å². The van der Waals surface area contributed by atoms with Crippen molar-refractivity contribution in [2.75, 3.05) is 0 Å². The summed E-state index contributed by atoms with van der Waals surface area (Å²) in [6.07, 6.45) is 0. The molecule has 0 fully saturated rings. The zero-order valence-corrected chi connectivity index (χ0v) is 8.99. The van der Waals surface area contributed by atoms with E-state index in [-0.39, 0.29) is 0 Å². The second-order valence-corrected chi connectivity index (χ2v) is 3.52. The Balaban J connectivity index is 0.000000791. The Morgan fingerprint density at radius 3 is 2.07 bits per heavy atom. The maximum atomic E-state index is 6.00. The van der Waals surface area contributed by atoms with Gasteiger partial charge in [0.15, 0.2) is 0 Å². The first-order valence-corrected chi connectivity index (χ1v) is 4.57. The molecule has 1 aromatic carbocycles. The van der Waals surface area contributed by atoms with Gasteiger partial charge in [0, 0.05) is 0 Å². The lowest BCUT2D eigenvalue weighted by Gasteiger charge is -2.11. The third-order valence-electron chi connectivity index (χ3n) is 2.04. The van der Waals surface area contributed by atoms with Crippen LogP contribution in [0.25, 0.3) is 5.57 Å². The van der Waals surface area contributed by atoms with Gasteiger partial charge in [-0.05, 0) is 24.0 Å². The number of hydrogen-bond donors (Lipinski definition) is 2. The molecule has 0 saturated carbocycles. The van der Waals surface area contributed by atoms with Crippen molar-refractivity contribution >= 4 is 5.57 Å². The molecule has 2 heteroatoms. The van der Waals surface area contributed by atoms with E-state index in [9.17, 15) is 0 Å². The minimum atomic E-state index is 0.581. The molecule has 0 bridgehead atoms. The van der Waals surface area contributed by atoms with E-state index < -0.39 is 0 Å². The van der Waals surface area contributed by atoms with Gasteiger partial charge in [-0.25, -0.2) is 0 Å². The predicted molar refractivity (Wildman–Crippen MR) is 60.5 cm³/mol. The van der Waals surface area contributed by atoms with Crippen molar-refractivity contribution in [1.29, 1.82) is 0 Å². The van der Waals surface area contributed by atoms with Gasteiger partial charge in [-0.3, -0.25) is 10.5 Å². The summed E-state index contributed by atoms with van der Waals surface area (Å²) in [4.78, 5) is 0. The van der Waals surface area contributed by atoms with Crippen LogP contribution in [0.1, 0.15) is 37.8 Å². The summed E-state index contributed by atoms with van der Waals surface area (Å²) in [6.45, 7) is 10.4. The smallest absolute Gasteiger partial charge is 0.0199 e. The number of benzene rings is 1. The molecule has 78 valence electrons. The van der Waals surface area contributed by atoms with Crippen molar-refractivity contribution in [2.45, 2.75) is 26.7 Å². The highest BCUT2D eigenvalue weighted by Gasteiger charge is 2.04. The van der Waals surface area contributed by atoms with E-state index in [1.54, 1.807) is 0 Å². The second kappa shape index (κ2) is 6.35. The van der Waals surface area contributed by atoms with Crippen LogP contribution in [0.15, 0.2) is 30.8 Å². The van der Waals surface area contributed by atoms with Gasteiger partial charge in [0.25, 0.3) is 0 Å². The van der Waals surface area contributed by atoms with Crippen LogP contribution in [0.2, 0.25) is 0 Å². The van der Waals surface area contributed by atoms with E-state index in [1.165, 1.54) is 11.1 Å². The lowest BCUT2D eigenvalue weighted by Crippen LogP contribution is -1.92. The molecule has 14 heavy (non-hydrogen) atoms. The molecule has 0 heterocycles. The summed E-state index contributed by atoms with van der Waals surface area (Å²) in [5.74, 6) is 0.581. The molecule has 0 atom stereocenters. The van der Waals surface area contributed by atoms with Gasteiger partial charge < -0.3 is 0 Å². The summed E-state index contributed by atoms with van der Waals surface area (Å²) in [6, 6.07) is 8.46. The average molecular weight is 194 g/mol. The topological polar surface area (TPSA) is 40.5 Å². The second-order valence-electron chi connectivity index (χ2n) is 3.52. The summed E-state index contributed by atoms with van der Waals surface area (Å²) < 4.78 is 0. The van der Waals surface area contributed by atoms with Crippen molar-refractivity contribution in [3.8, 4) is 0 Å². The fraction of sp³-hybridized carbons (Fsp3) is 0.333. The quantitative estimate of drug-likeness (QED) is 0.554. The zero-order chi connectivity index (χ0) is 11.1. The summed E-state index contributed by atoms with van der Waals surface area (Å²) in [7, 11) is 0. The molecule has 1 aromatic rings. The van der Waals surface area contributed by atoms with Gasteiger partial charge in [-0.1, -0.05) is 50.3 Å². The molecule has 2 nitrogen and oxygen atoms in total. The molecular weight excluding hydrogens is 176 g/mol. The lowest BCUT2D eigenvalue weighted by atomic mass is 9.94. The van der Waals surface area contributed by atoms with Crippen molar-refractivity contribution in [3.63, 3.8) is 0 Å². The third kappa shape index (κ3) is 3.32. The predicted octanol–water partition coefficient (Wildman–Crippen LogP) is 3.86. The number of allylic oxidation sites excluding steroid dienone is 1. The van der Waals surface area contributed by atoms with Crippen LogP contribution in [0.5, 0.6) is 0 Å². The van der Waals surface area contributed by atoms with Gasteiger partial charge in [-0.15, -0.1) is 0 Å². The molecule has 0 aliphatic carbocycles. The van der Waals surface area contributed by atoms with Crippen molar-refractivity contribution in [2.24, 2.45) is 0 Å². The summed E-state index contributed by atoms with van der Waals surface area (Å²) in [5, 5.41) is 12.0. The molecular formula is C12H18O2. The van der Waals surface area contributed by atoms with E-state index in [1.807, 2.05) is 0 Å². The van der Waals surface area contributed by atoms with Crippen molar-refractivity contribution in [1.82, 2.24) is 0 Å². The van der Waals surface area contributed by atoms with E-state index in [2.05, 4.69) is 51.6 Å². The highest BCUT2D eigenvalue weighted by atomic mass is 17.0. The highest BCUT2D eigenvalue weighted by Crippen LogP contribution is 2.23. The Hall–Kier alpha value is -1.12. The Morgan fingerprint density at radius 1 is 1.21 bits per heavy atom.